The maximum absolute atomic E-state index is 12.8. The molecule has 0 bridgehead atoms. The minimum atomic E-state index is -0.256. The van der Waals surface area contributed by atoms with Crippen LogP contribution >= 0.6 is 11.8 Å². The van der Waals surface area contributed by atoms with E-state index in [-0.39, 0.29) is 12.5 Å². The summed E-state index contributed by atoms with van der Waals surface area (Å²) >= 11 is 1.58. The molecular weight excluding hydrogens is 464 g/mol. The lowest BCUT2D eigenvalue weighted by Gasteiger charge is -2.12. The van der Waals surface area contributed by atoms with Gasteiger partial charge in [0, 0.05) is 17.0 Å². The second-order valence-corrected chi connectivity index (χ2v) is 8.40. The van der Waals surface area contributed by atoms with E-state index in [1.165, 1.54) is 12.7 Å². The Morgan fingerprint density at radius 3 is 2.31 bits per heavy atom. The number of methoxy groups -OCH3 is 3. The van der Waals surface area contributed by atoms with Gasteiger partial charge >= 0.3 is 0 Å². The SMILES string of the molecule is COc1ccc(-n2c(CNC(=O)c3ccc(OC)c(OC)c3)nnc2SCc2ccccc2)cc1. The van der Waals surface area contributed by atoms with Crippen LogP contribution in [0.25, 0.3) is 5.69 Å². The summed E-state index contributed by atoms with van der Waals surface area (Å²) in [4.78, 5) is 12.8. The molecule has 0 saturated heterocycles. The Hall–Kier alpha value is -3.98. The first-order chi connectivity index (χ1) is 17.1. The lowest BCUT2D eigenvalue weighted by Crippen LogP contribution is -2.24. The minimum Gasteiger partial charge on any atom is -0.497 e. The van der Waals surface area contributed by atoms with Crippen LogP contribution < -0.4 is 19.5 Å². The Balaban J connectivity index is 1.56. The van der Waals surface area contributed by atoms with Gasteiger partial charge in [-0.05, 0) is 48.0 Å². The molecule has 4 rings (SSSR count). The summed E-state index contributed by atoms with van der Waals surface area (Å²) in [5, 5.41) is 12.4. The Kier molecular flexibility index (Phi) is 7.89. The molecule has 8 nitrogen and oxygen atoms in total. The average Bonchev–Trinajstić information content (AvgIpc) is 3.33. The molecule has 0 aliphatic carbocycles. The number of amides is 1. The number of nitrogens with one attached hydrogen (secondary N) is 1. The lowest BCUT2D eigenvalue weighted by molar-refractivity contribution is 0.0949. The molecule has 0 aliphatic rings. The second kappa shape index (κ2) is 11.4. The van der Waals surface area contributed by atoms with E-state index in [4.69, 9.17) is 14.2 Å². The van der Waals surface area contributed by atoms with Crippen LogP contribution in [0.4, 0.5) is 0 Å². The number of carbonyl (C=O) groups excluding carboxylic acids is 1. The second-order valence-electron chi connectivity index (χ2n) is 7.46. The molecule has 0 aliphatic heterocycles. The van der Waals surface area contributed by atoms with Gasteiger partial charge in [0.25, 0.3) is 5.91 Å². The number of benzene rings is 3. The van der Waals surface area contributed by atoms with Crippen molar-refractivity contribution >= 4 is 17.7 Å². The molecule has 1 amide bonds. The van der Waals surface area contributed by atoms with E-state index in [9.17, 15) is 4.79 Å². The van der Waals surface area contributed by atoms with Gasteiger partial charge in [-0.25, -0.2) is 0 Å². The van der Waals surface area contributed by atoms with Crippen molar-refractivity contribution in [3.8, 4) is 22.9 Å². The molecule has 0 spiro atoms. The van der Waals surface area contributed by atoms with E-state index >= 15 is 0 Å². The molecule has 0 radical (unpaired) electrons. The van der Waals surface area contributed by atoms with Crippen molar-refractivity contribution < 1.29 is 19.0 Å². The van der Waals surface area contributed by atoms with Gasteiger partial charge in [-0.3, -0.25) is 9.36 Å². The molecule has 9 heteroatoms. The summed E-state index contributed by atoms with van der Waals surface area (Å²) in [6.07, 6.45) is 0. The maximum atomic E-state index is 12.8. The van der Waals surface area contributed by atoms with Crippen LogP contribution in [0.1, 0.15) is 21.7 Å². The van der Waals surface area contributed by atoms with Crippen molar-refractivity contribution in [2.45, 2.75) is 17.5 Å². The monoisotopic (exact) mass is 490 g/mol. The fourth-order valence-corrected chi connectivity index (χ4v) is 4.39. The van der Waals surface area contributed by atoms with Gasteiger partial charge in [0.2, 0.25) is 0 Å². The summed E-state index contributed by atoms with van der Waals surface area (Å²) in [5.41, 5.74) is 2.52. The normalized spacial score (nSPS) is 10.6. The van der Waals surface area contributed by atoms with Crippen LogP contribution in [-0.4, -0.2) is 42.0 Å². The lowest BCUT2D eigenvalue weighted by atomic mass is 10.2. The van der Waals surface area contributed by atoms with Gasteiger partial charge in [-0.2, -0.15) is 0 Å². The van der Waals surface area contributed by atoms with Crippen LogP contribution in [0.5, 0.6) is 17.2 Å². The number of aromatic nitrogens is 3. The highest BCUT2D eigenvalue weighted by atomic mass is 32.2. The van der Waals surface area contributed by atoms with Gasteiger partial charge < -0.3 is 19.5 Å². The zero-order chi connectivity index (χ0) is 24.6. The van der Waals surface area contributed by atoms with E-state index in [1.807, 2.05) is 47.0 Å². The van der Waals surface area contributed by atoms with Gasteiger partial charge in [0.15, 0.2) is 22.5 Å². The van der Waals surface area contributed by atoms with E-state index < -0.39 is 0 Å². The summed E-state index contributed by atoms with van der Waals surface area (Å²) in [5.74, 6) is 2.90. The number of hydrogen-bond donors (Lipinski definition) is 1. The fraction of sp³-hybridized carbons (Fsp3) is 0.192. The zero-order valence-corrected chi connectivity index (χ0v) is 20.5. The fourth-order valence-electron chi connectivity index (χ4n) is 3.46. The molecule has 4 aromatic rings. The molecule has 180 valence electrons. The van der Waals surface area contributed by atoms with Crippen molar-refractivity contribution in [1.29, 1.82) is 0 Å². The molecule has 1 heterocycles. The molecular formula is C26H26N4O4S. The maximum Gasteiger partial charge on any atom is 0.251 e. The summed E-state index contributed by atoms with van der Waals surface area (Å²) in [6.45, 7) is 0.193. The highest BCUT2D eigenvalue weighted by Crippen LogP contribution is 2.28. The Bertz CT molecular complexity index is 1280. The van der Waals surface area contributed by atoms with E-state index in [0.717, 1.165) is 22.3 Å². The van der Waals surface area contributed by atoms with Crippen molar-refractivity contribution in [1.82, 2.24) is 20.1 Å². The van der Waals surface area contributed by atoms with Gasteiger partial charge in [0.1, 0.15) is 5.75 Å². The molecule has 3 aromatic carbocycles. The van der Waals surface area contributed by atoms with Crippen LogP contribution in [0.15, 0.2) is 78.0 Å². The molecule has 35 heavy (non-hydrogen) atoms. The van der Waals surface area contributed by atoms with Crippen LogP contribution in [0.2, 0.25) is 0 Å². The Labute approximate surface area is 208 Å². The molecule has 0 saturated carbocycles. The van der Waals surface area contributed by atoms with Crippen LogP contribution in [0, 0.1) is 0 Å². The number of rotatable bonds is 10. The van der Waals surface area contributed by atoms with E-state index in [1.54, 1.807) is 44.2 Å². The topological polar surface area (TPSA) is 87.5 Å². The van der Waals surface area contributed by atoms with Gasteiger partial charge in [-0.1, -0.05) is 42.1 Å². The summed E-state index contributed by atoms with van der Waals surface area (Å²) in [7, 11) is 4.71. The Morgan fingerprint density at radius 2 is 1.63 bits per heavy atom. The third-order valence-electron chi connectivity index (χ3n) is 5.29. The van der Waals surface area contributed by atoms with Crippen LogP contribution in [0.3, 0.4) is 0 Å². The first-order valence-corrected chi connectivity index (χ1v) is 11.9. The van der Waals surface area contributed by atoms with Gasteiger partial charge in [-0.15, -0.1) is 10.2 Å². The summed E-state index contributed by atoms with van der Waals surface area (Å²) < 4.78 is 17.8. The van der Waals surface area contributed by atoms with Gasteiger partial charge in [0.05, 0.1) is 27.9 Å². The first kappa shape index (κ1) is 24.2. The number of thioether (sulfide) groups is 1. The number of ether oxygens (including phenoxy) is 3. The minimum absolute atomic E-state index is 0.193. The standard InChI is InChI=1S/C26H26N4O4S/c1-32-21-12-10-20(11-13-21)30-24(28-29-26(30)35-17-18-7-5-4-6-8-18)16-27-25(31)19-9-14-22(33-2)23(15-19)34-3/h4-15H,16-17H2,1-3H3,(H,27,31). The molecule has 1 N–H and O–H groups in total. The summed E-state index contributed by atoms with van der Waals surface area (Å²) in [6, 6.07) is 22.8. The Morgan fingerprint density at radius 1 is 0.886 bits per heavy atom. The predicted octanol–water partition coefficient (Wildman–Crippen LogP) is 4.52. The third kappa shape index (κ3) is 5.75. The zero-order valence-electron chi connectivity index (χ0n) is 19.7. The van der Waals surface area contributed by atoms with Crippen molar-refractivity contribution in [2.24, 2.45) is 0 Å². The smallest absolute Gasteiger partial charge is 0.251 e. The van der Waals surface area contributed by atoms with E-state index in [2.05, 4.69) is 27.6 Å². The van der Waals surface area contributed by atoms with E-state index in [0.29, 0.717) is 22.9 Å². The quantitative estimate of drug-likeness (QED) is 0.327. The molecule has 1 aromatic heterocycles. The van der Waals surface area contributed by atoms with Crippen molar-refractivity contribution in [2.75, 3.05) is 21.3 Å². The first-order valence-electron chi connectivity index (χ1n) is 10.9. The average molecular weight is 491 g/mol. The van der Waals surface area contributed by atoms with Crippen molar-refractivity contribution in [3.05, 3.63) is 89.7 Å². The molecule has 0 fully saturated rings. The molecule has 0 atom stereocenters. The number of nitrogens with zero attached hydrogens (tertiary/aromatic N) is 3. The highest BCUT2D eigenvalue weighted by molar-refractivity contribution is 7.98. The highest BCUT2D eigenvalue weighted by Gasteiger charge is 2.17. The van der Waals surface area contributed by atoms with Crippen LogP contribution in [-0.2, 0) is 12.3 Å². The molecule has 0 unspecified atom stereocenters. The number of carbonyl (C=O) groups is 1. The predicted molar refractivity (Wildman–Crippen MR) is 135 cm³/mol. The number of hydrogen-bond acceptors (Lipinski definition) is 7. The van der Waals surface area contributed by atoms with Crippen molar-refractivity contribution in [3.63, 3.8) is 0 Å². The largest absolute Gasteiger partial charge is 0.497 e. The third-order valence-corrected chi connectivity index (χ3v) is 6.29.